The molecule has 70 valence electrons. The van der Waals surface area contributed by atoms with Gasteiger partial charge in [-0.3, -0.25) is 4.39 Å². The molecule has 0 saturated carbocycles. The van der Waals surface area contributed by atoms with Crippen LogP contribution in [0.5, 0.6) is 0 Å². The van der Waals surface area contributed by atoms with Gasteiger partial charge in [0, 0.05) is 0 Å². The molecule has 0 aromatic heterocycles. The quantitative estimate of drug-likeness (QED) is 0.492. The molecule has 3 heteroatoms. The van der Waals surface area contributed by atoms with E-state index in [9.17, 15) is 8.78 Å². The summed E-state index contributed by atoms with van der Waals surface area (Å²) in [5, 5.41) is 0. The fourth-order valence-electron chi connectivity index (χ4n) is 0.627. The Morgan fingerprint density at radius 3 is 2.00 bits per heavy atom. The molecule has 2 atom stereocenters. The van der Waals surface area contributed by atoms with Gasteiger partial charge in [-0.05, 0) is 5.67 Å². The predicted molar refractivity (Wildman–Crippen MR) is 38.7 cm³/mol. The standard InChI is InChI=1S/C8H14F2.Ni/c1-5-6(2)8(4,10)7(3)9;/h5-6H,1-4H3;/q-2;+2. The molecule has 0 bridgehead atoms. The van der Waals surface area contributed by atoms with Gasteiger partial charge in [0.05, 0.1) is 0 Å². The first-order valence-electron chi connectivity index (χ1n) is 3.40. The zero-order chi connectivity index (χ0) is 8.36. The SMILES string of the molecule is C[CH-]C(C)C(C)(F)[C-](C)F.[Ni+2]. The summed E-state index contributed by atoms with van der Waals surface area (Å²) in [6, 6.07) is 0. The van der Waals surface area contributed by atoms with Crippen molar-refractivity contribution in [2.24, 2.45) is 5.92 Å². The maximum Gasteiger partial charge on any atom is 2.00 e. The number of rotatable bonds is 3. The van der Waals surface area contributed by atoms with Crippen molar-refractivity contribution in [2.75, 3.05) is 0 Å². The van der Waals surface area contributed by atoms with Crippen LogP contribution in [0.4, 0.5) is 8.78 Å². The van der Waals surface area contributed by atoms with Crippen molar-refractivity contribution in [3.05, 3.63) is 12.6 Å². The predicted octanol–water partition coefficient (Wildman–Crippen LogP) is 3.09. The molecule has 0 spiro atoms. The Bertz CT molecular complexity index is 102. The Hall–Kier alpha value is 0.354. The molecule has 0 fully saturated rings. The van der Waals surface area contributed by atoms with Crippen LogP contribution < -0.4 is 0 Å². The Morgan fingerprint density at radius 2 is 1.91 bits per heavy atom. The molecule has 0 N–H and O–H groups in total. The third kappa shape index (κ3) is 3.51. The minimum Gasteiger partial charge on any atom is -0.453 e. The molecule has 0 nitrogen and oxygen atoms in total. The van der Waals surface area contributed by atoms with Gasteiger partial charge in [0.1, 0.15) is 0 Å². The Balaban J connectivity index is 0. The third-order valence-corrected chi connectivity index (χ3v) is 2.03. The van der Waals surface area contributed by atoms with Crippen LogP contribution in [0.15, 0.2) is 0 Å². The third-order valence-electron chi connectivity index (χ3n) is 2.03. The summed E-state index contributed by atoms with van der Waals surface area (Å²) in [5.41, 5.74) is -1.80. The molecule has 0 saturated heterocycles. The fourth-order valence-corrected chi connectivity index (χ4v) is 0.627. The first kappa shape index (κ1) is 13.9. The Labute approximate surface area is 77.7 Å². The minimum absolute atomic E-state index is 0. The van der Waals surface area contributed by atoms with Gasteiger partial charge in [-0.25, -0.2) is 0 Å². The second-order valence-corrected chi connectivity index (χ2v) is 2.73. The summed E-state index contributed by atoms with van der Waals surface area (Å²) in [7, 11) is 0. The van der Waals surface area contributed by atoms with Gasteiger partial charge in [-0.2, -0.15) is 19.8 Å². The van der Waals surface area contributed by atoms with E-state index < -0.39 is 11.8 Å². The largest absolute Gasteiger partial charge is 2.00 e. The van der Waals surface area contributed by atoms with Gasteiger partial charge >= 0.3 is 16.5 Å². The van der Waals surface area contributed by atoms with Crippen LogP contribution in [0.1, 0.15) is 27.7 Å². The number of alkyl halides is 1. The van der Waals surface area contributed by atoms with Gasteiger partial charge in [0.25, 0.3) is 0 Å². The fraction of sp³-hybridized carbons (Fsp3) is 0.750. The molecule has 0 aliphatic rings. The molecule has 0 aromatic rings. The smallest absolute Gasteiger partial charge is 0.453 e. The average molecular weight is 207 g/mol. The molecule has 0 heterocycles. The van der Waals surface area contributed by atoms with Crippen molar-refractivity contribution in [3.63, 3.8) is 0 Å². The van der Waals surface area contributed by atoms with Crippen LogP contribution in [0, 0.1) is 18.5 Å². The van der Waals surface area contributed by atoms with Gasteiger partial charge in [-0.15, -0.1) is 6.17 Å². The summed E-state index contributed by atoms with van der Waals surface area (Å²) in [5.74, 6) is -0.363. The van der Waals surface area contributed by atoms with E-state index in [1.54, 1.807) is 20.3 Å². The second-order valence-electron chi connectivity index (χ2n) is 2.73. The van der Waals surface area contributed by atoms with E-state index in [4.69, 9.17) is 0 Å². The first-order valence-corrected chi connectivity index (χ1v) is 3.40. The monoisotopic (exact) mass is 206 g/mol. The summed E-state index contributed by atoms with van der Waals surface area (Å²) in [4.78, 5) is 0. The molecule has 0 radical (unpaired) electrons. The average Bonchev–Trinajstić information content (AvgIpc) is 1.86. The molecular formula is C8H14F2Ni. The topological polar surface area (TPSA) is 0 Å². The van der Waals surface area contributed by atoms with Gasteiger partial charge in [-0.1, -0.05) is 13.8 Å². The van der Waals surface area contributed by atoms with Crippen LogP contribution in [-0.2, 0) is 16.5 Å². The molecule has 0 aromatic carbocycles. The van der Waals surface area contributed by atoms with Crippen molar-refractivity contribution >= 4 is 0 Å². The zero-order valence-electron chi connectivity index (χ0n) is 7.23. The van der Waals surface area contributed by atoms with Crippen molar-refractivity contribution < 1.29 is 25.3 Å². The molecule has 0 aliphatic carbocycles. The number of halogens is 2. The first-order chi connectivity index (χ1) is 4.42. The molecule has 0 aliphatic heterocycles. The molecule has 0 rings (SSSR count). The van der Waals surface area contributed by atoms with Gasteiger partial charge < -0.3 is 10.8 Å². The Kier molecular flexibility index (Phi) is 6.42. The summed E-state index contributed by atoms with van der Waals surface area (Å²) in [6.45, 7) is 5.81. The van der Waals surface area contributed by atoms with E-state index in [1.165, 1.54) is 13.8 Å². The van der Waals surface area contributed by atoms with Crippen LogP contribution in [0.25, 0.3) is 0 Å². The summed E-state index contributed by atoms with van der Waals surface area (Å²) < 4.78 is 25.6. The maximum atomic E-state index is 13.2. The van der Waals surface area contributed by atoms with Crippen molar-refractivity contribution in [1.29, 1.82) is 0 Å². The molecule has 2 unspecified atom stereocenters. The van der Waals surface area contributed by atoms with Gasteiger partial charge in [0.15, 0.2) is 0 Å². The van der Waals surface area contributed by atoms with E-state index in [-0.39, 0.29) is 22.4 Å². The Morgan fingerprint density at radius 1 is 1.55 bits per heavy atom. The second kappa shape index (κ2) is 5.08. The van der Waals surface area contributed by atoms with Crippen LogP contribution in [0.2, 0.25) is 0 Å². The van der Waals surface area contributed by atoms with Crippen LogP contribution in [0.3, 0.4) is 0 Å². The van der Waals surface area contributed by atoms with Crippen molar-refractivity contribution in [1.82, 2.24) is 0 Å². The van der Waals surface area contributed by atoms with E-state index >= 15 is 0 Å². The van der Waals surface area contributed by atoms with Crippen LogP contribution in [-0.4, -0.2) is 5.67 Å². The van der Waals surface area contributed by atoms with E-state index in [1.807, 2.05) is 0 Å². The summed E-state index contributed by atoms with van der Waals surface area (Å²) >= 11 is 0. The molecule has 11 heavy (non-hydrogen) atoms. The van der Waals surface area contributed by atoms with Gasteiger partial charge in [0.2, 0.25) is 0 Å². The number of hydrogen-bond donors (Lipinski definition) is 0. The normalized spacial score (nSPS) is 18.8. The number of hydrogen-bond acceptors (Lipinski definition) is 0. The molecular weight excluding hydrogens is 193 g/mol. The molecule has 0 amide bonds. The van der Waals surface area contributed by atoms with Crippen molar-refractivity contribution in [2.45, 2.75) is 33.4 Å². The zero-order valence-corrected chi connectivity index (χ0v) is 8.21. The van der Waals surface area contributed by atoms with E-state index in [2.05, 4.69) is 0 Å². The van der Waals surface area contributed by atoms with Crippen molar-refractivity contribution in [3.8, 4) is 0 Å². The summed E-state index contributed by atoms with van der Waals surface area (Å²) in [6.07, 6.45) is 1.00. The van der Waals surface area contributed by atoms with Crippen LogP contribution >= 0.6 is 0 Å². The van der Waals surface area contributed by atoms with E-state index in [0.717, 1.165) is 0 Å². The van der Waals surface area contributed by atoms with E-state index in [0.29, 0.717) is 0 Å². The minimum atomic E-state index is -1.80. The maximum absolute atomic E-state index is 13.2.